The summed E-state index contributed by atoms with van der Waals surface area (Å²) in [5, 5.41) is 0.736. The second-order valence-electron chi connectivity index (χ2n) is 4.49. The van der Waals surface area contributed by atoms with Crippen LogP contribution in [0.5, 0.6) is 0 Å². The smallest absolute Gasteiger partial charge is 0.280 e. The van der Waals surface area contributed by atoms with Gasteiger partial charge in [-0.1, -0.05) is 19.1 Å². The molecule has 82 valence electrons. The van der Waals surface area contributed by atoms with Gasteiger partial charge in [0.15, 0.2) is 0 Å². The SMILES string of the molecule is CC1CCCn2c1nc(=O)c1ccccc12. The summed E-state index contributed by atoms with van der Waals surface area (Å²) in [5.74, 6) is 1.35. The highest BCUT2D eigenvalue weighted by Gasteiger charge is 2.19. The predicted molar refractivity (Wildman–Crippen MR) is 63.7 cm³/mol. The Morgan fingerprint density at radius 1 is 1.38 bits per heavy atom. The predicted octanol–water partition coefficient (Wildman–Crippen LogP) is 2.29. The normalized spacial score (nSPS) is 19.7. The fraction of sp³-hybridized carbons (Fsp3) is 0.385. The van der Waals surface area contributed by atoms with Gasteiger partial charge < -0.3 is 4.57 Å². The minimum absolute atomic E-state index is 0.0874. The Kier molecular flexibility index (Phi) is 2.06. The van der Waals surface area contributed by atoms with Crippen LogP contribution in [0, 0.1) is 0 Å². The van der Waals surface area contributed by atoms with Gasteiger partial charge in [0, 0.05) is 12.5 Å². The first-order chi connectivity index (χ1) is 7.77. The summed E-state index contributed by atoms with van der Waals surface area (Å²) >= 11 is 0. The van der Waals surface area contributed by atoms with E-state index in [-0.39, 0.29) is 5.56 Å². The summed E-state index contributed by atoms with van der Waals surface area (Å²) in [6.07, 6.45) is 2.30. The van der Waals surface area contributed by atoms with Gasteiger partial charge in [-0.2, -0.15) is 4.98 Å². The van der Waals surface area contributed by atoms with Crippen LogP contribution < -0.4 is 5.56 Å². The molecular formula is C13H14N2O. The second kappa shape index (κ2) is 3.44. The zero-order valence-corrected chi connectivity index (χ0v) is 9.31. The third kappa shape index (κ3) is 1.28. The van der Waals surface area contributed by atoms with Crippen molar-refractivity contribution in [3.05, 3.63) is 40.4 Å². The highest BCUT2D eigenvalue weighted by molar-refractivity contribution is 5.78. The van der Waals surface area contributed by atoms with E-state index in [0.29, 0.717) is 5.92 Å². The largest absolute Gasteiger partial charge is 0.329 e. The number of aryl methyl sites for hydroxylation is 1. The maximum absolute atomic E-state index is 11.9. The van der Waals surface area contributed by atoms with Crippen molar-refractivity contribution in [3.63, 3.8) is 0 Å². The lowest BCUT2D eigenvalue weighted by Crippen LogP contribution is -2.24. The van der Waals surface area contributed by atoms with E-state index < -0.39 is 0 Å². The third-order valence-corrected chi connectivity index (χ3v) is 3.38. The van der Waals surface area contributed by atoms with Crippen LogP contribution in [-0.4, -0.2) is 9.55 Å². The van der Waals surface area contributed by atoms with Crippen molar-refractivity contribution in [2.45, 2.75) is 32.2 Å². The Hall–Kier alpha value is -1.64. The number of para-hydroxylation sites is 1. The minimum Gasteiger partial charge on any atom is -0.329 e. The average molecular weight is 214 g/mol. The zero-order valence-electron chi connectivity index (χ0n) is 9.31. The van der Waals surface area contributed by atoms with Gasteiger partial charge in [-0.05, 0) is 25.0 Å². The summed E-state index contributed by atoms with van der Waals surface area (Å²) < 4.78 is 2.20. The summed E-state index contributed by atoms with van der Waals surface area (Å²) in [6, 6.07) is 7.75. The lowest BCUT2D eigenvalue weighted by molar-refractivity contribution is 0.461. The van der Waals surface area contributed by atoms with Gasteiger partial charge >= 0.3 is 0 Å². The Morgan fingerprint density at radius 2 is 2.19 bits per heavy atom. The Bertz CT molecular complexity index is 600. The molecule has 1 aromatic carbocycles. The van der Waals surface area contributed by atoms with Gasteiger partial charge in [0.2, 0.25) is 0 Å². The molecule has 0 saturated heterocycles. The number of nitrogens with zero attached hydrogens (tertiary/aromatic N) is 2. The van der Waals surface area contributed by atoms with E-state index in [2.05, 4.69) is 16.5 Å². The molecule has 0 bridgehead atoms. The molecule has 3 nitrogen and oxygen atoms in total. The molecule has 16 heavy (non-hydrogen) atoms. The van der Waals surface area contributed by atoms with E-state index in [9.17, 15) is 4.79 Å². The van der Waals surface area contributed by atoms with Gasteiger partial charge in [-0.25, -0.2) is 0 Å². The van der Waals surface area contributed by atoms with Crippen molar-refractivity contribution in [1.82, 2.24) is 9.55 Å². The van der Waals surface area contributed by atoms with E-state index >= 15 is 0 Å². The molecule has 1 unspecified atom stereocenters. The zero-order chi connectivity index (χ0) is 11.1. The van der Waals surface area contributed by atoms with Crippen LogP contribution >= 0.6 is 0 Å². The van der Waals surface area contributed by atoms with Crippen molar-refractivity contribution in [2.24, 2.45) is 0 Å². The number of benzene rings is 1. The first-order valence-electron chi connectivity index (χ1n) is 5.77. The van der Waals surface area contributed by atoms with Crippen molar-refractivity contribution in [2.75, 3.05) is 0 Å². The van der Waals surface area contributed by atoms with Crippen LogP contribution in [0.2, 0.25) is 0 Å². The summed E-state index contributed by atoms with van der Waals surface area (Å²) in [7, 11) is 0. The molecule has 3 rings (SSSR count). The molecule has 0 N–H and O–H groups in total. The molecule has 0 fully saturated rings. The molecule has 1 atom stereocenters. The van der Waals surface area contributed by atoms with Gasteiger partial charge in [0.05, 0.1) is 10.9 Å². The lowest BCUT2D eigenvalue weighted by atomic mass is 10.00. The highest BCUT2D eigenvalue weighted by atomic mass is 16.1. The number of hydrogen-bond donors (Lipinski definition) is 0. The van der Waals surface area contributed by atoms with Gasteiger partial charge in [-0.15, -0.1) is 0 Å². The molecule has 1 aromatic heterocycles. The van der Waals surface area contributed by atoms with Crippen LogP contribution in [0.15, 0.2) is 29.1 Å². The maximum Gasteiger partial charge on any atom is 0.280 e. The van der Waals surface area contributed by atoms with E-state index in [0.717, 1.165) is 29.7 Å². The molecule has 0 saturated carbocycles. The molecule has 3 heteroatoms. The maximum atomic E-state index is 11.9. The third-order valence-electron chi connectivity index (χ3n) is 3.38. The monoisotopic (exact) mass is 214 g/mol. The first kappa shape index (κ1) is 9.58. The molecule has 1 aliphatic heterocycles. The highest BCUT2D eigenvalue weighted by Crippen LogP contribution is 2.26. The standard InChI is InChI=1S/C13H14N2O/c1-9-5-4-8-15-11-7-3-2-6-10(11)13(16)14-12(9)15/h2-3,6-7,9H,4-5,8H2,1H3. The van der Waals surface area contributed by atoms with Crippen LogP contribution in [0.3, 0.4) is 0 Å². The Balaban J connectivity index is 2.43. The first-order valence-corrected chi connectivity index (χ1v) is 5.77. The molecule has 0 radical (unpaired) electrons. The Labute approximate surface area is 93.7 Å². The van der Waals surface area contributed by atoms with Gasteiger partial charge in [-0.3, -0.25) is 4.79 Å². The van der Waals surface area contributed by atoms with E-state index in [1.807, 2.05) is 24.3 Å². The van der Waals surface area contributed by atoms with Crippen LogP contribution in [-0.2, 0) is 6.54 Å². The summed E-state index contributed by atoms with van der Waals surface area (Å²) in [4.78, 5) is 16.1. The molecule has 0 amide bonds. The van der Waals surface area contributed by atoms with Crippen LogP contribution in [0.25, 0.3) is 10.9 Å². The Morgan fingerprint density at radius 3 is 3.06 bits per heavy atom. The molecular weight excluding hydrogens is 200 g/mol. The molecule has 0 spiro atoms. The fourth-order valence-electron chi connectivity index (χ4n) is 2.53. The van der Waals surface area contributed by atoms with Crippen molar-refractivity contribution < 1.29 is 0 Å². The van der Waals surface area contributed by atoms with Crippen LogP contribution in [0.1, 0.15) is 31.5 Å². The molecule has 0 aliphatic carbocycles. The van der Waals surface area contributed by atoms with E-state index in [1.165, 1.54) is 6.42 Å². The fourth-order valence-corrected chi connectivity index (χ4v) is 2.53. The number of rotatable bonds is 0. The van der Waals surface area contributed by atoms with Crippen molar-refractivity contribution in [3.8, 4) is 0 Å². The number of fused-ring (bicyclic) bond motifs is 3. The summed E-state index contributed by atoms with van der Waals surface area (Å²) in [5.41, 5.74) is 0.944. The second-order valence-corrected chi connectivity index (χ2v) is 4.49. The number of aromatic nitrogens is 2. The van der Waals surface area contributed by atoms with E-state index in [4.69, 9.17) is 0 Å². The van der Waals surface area contributed by atoms with E-state index in [1.54, 1.807) is 0 Å². The van der Waals surface area contributed by atoms with Crippen molar-refractivity contribution >= 4 is 10.9 Å². The number of hydrogen-bond acceptors (Lipinski definition) is 2. The summed E-state index contributed by atoms with van der Waals surface area (Å²) in [6.45, 7) is 3.12. The van der Waals surface area contributed by atoms with Crippen LogP contribution in [0.4, 0.5) is 0 Å². The topological polar surface area (TPSA) is 34.9 Å². The quantitative estimate of drug-likeness (QED) is 0.674. The lowest BCUT2D eigenvalue weighted by Gasteiger charge is -2.24. The molecule has 2 aromatic rings. The minimum atomic E-state index is -0.0874. The average Bonchev–Trinajstić information content (AvgIpc) is 2.31. The van der Waals surface area contributed by atoms with Gasteiger partial charge in [0.25, 0.3) is 5.56 Å². The van der Waals surface area contributed by atoms with Crippen molar-refractivity contribution in [1.29, 1.82) is 0 Å². The molecule has 2 heterocycles. The van der Waals surface area contributed by atoms with Gasteiger partial charge in [0.1, 0.15) is 5.82 Å². The molecule has 1 aliphatic rings.